The molecule has 1 aliphatic heterocycles. The molecule has 2 heterocycles. The molecule has 0 spiro atoms. The van der Waals surface area contributed by atoms with Crippen LogP contribution in [0.3, 0.4) is 0 Å². The number of nitro groups is 1. The van der Waals surface area contributed by atoms with Crippen molar-refractivity contribution in [1.82, 2.24) is 9.88 Å². The monoisotopic (exact) mass is 279 g/mol. The molecule has 0 radical (unpaired) electrons. The van der Waals surface area contributed by atoms with Gasteiger partial charge in [0.25, 0.3) is 5.69 Å². The lowest BCUT2D eigenvalue weighted by Gasteiger charge is -2.39. The Kier molecular flexibility index (Phi) is 3.61. The van der Waals surface area contributed by atoms with E-state index in [1.807, 2.05) is 20.8 Å². The Morgan fingerprint density at radius 3 is 2.55 bits per heavy atom. The number of likely N-dealkylation sites (tertiary alicyclic amines) is 1. The van der Waals surface area contributed by atoms with E-state index in [4.69, 9.17) is 4.74 Å². The van der Waals surface area contributed by atoms with E-state index in [9.17, 15) is 14.9 Å². The van der Waals surface area contributed by atoms with Crippen molar-refractivity contribution in [3.8, 4) is 0 Å². The average Bonchev–Trinajstić information content (AvgIpc) is 2.25. The third kappa shape index (κ3) is 3.23. The minimum Gasteiger partial charge on any atom is -0.444 e. The van der Waals surface area contributed by atoms with Crippen LogP contribution in [0, 0.1) is 10.1 Å². The zero-order valence-corrected chi connectivity index (χ0v) is 11.7. The molecule has 7 nitrogen and oxygen atoms in total. The molecule has 0 aromatic carbocycles. The molecule has 108 valence electrons. The van der Waals surface area contributed by atoms with Gasteiger partial charge in [0.05, 0.1) is 4.92 Å². The van der Waals surface area contributed by atoms with E-state index in [0.29, 0.717) is 13.1 Å². The van der Waals surface area contributed by atoms with Gasteiger partial charge in [0.1, 0.15) is 11.8 Å². The highest BCUT2D eigenvalue weighted by Gasteiger charge is 2.35. The number of aromatic nitrogens is 1. The van der Waals surface area contributed by atoms with Crippen LogP contribution in [0.15, 0.2) is 18.3 Å². The Labute approximate surface area is 116 Å². The van der Waals surface area contributed by atoms with Gasteiger partial charge in [-0.05, 0) is 26.8 Å². The molecule has 1 saturated heterocycles. The van der Waals surface area contributed by atoms with Gasteiger partial charge in [0, 0.05) is 30.8 Å². The Morgan fingerprint density at radius 1 is 1.45 bits per heavy atom. The summed E-state index contributed by atoms with van der Waals surface area (Å²) >= 11 is 0. The van der Waals surface area contributed by atoms with Gasteiger partial charge in [-0.1, -0.05) is 0 Å². The van der Waals surface area contributed by atoms with Crippen molar-refractivity contribution in [3.05, 3.63) is 34.1 Å². The molecule has 0 aliphatic carbocycles. The van der Waals surface area contributed by atoms with Gasteiger partial charge < -0.3 is 9.64 Å². The Balaban J connectivity index is 1.90. The van der Waals surface area contributed by atoms with E-state index < -0.39 is 10.5 Å². The molecule has 0 saturated carbocycles. The average molecular weight is 279 g/mol. The standard InChI is InChI=1S/C13H17N3O4/c1-13(2,3)20-12(17)15-7-9(8-15)11-5-4-10(6-14-11)16(18)19/h4-6,9H,7-8H2,1-3H3. The van der Waals surface area contributed by atoms with Gasteiger partial charge in [-0.3, -0.25) is 15.1 Å². The lowest BCUT2D eigenvalue weighted by Crippen LogP contribution is -2.50. The lowest BCUT2D eigenvalue weighted by molar-refractivity contribution is -0.385. The van der Waals surface area contributed by atoms with Crippen molar-refractivity contribution in [2.24, 2.45) is 0 Å². The summed E-state index contributed by atoms with van der Waals surface area (Å²) in [4.78, 5) is 27.5. The minimum atomic E-state index is -0.506. The zero-order chi connectivity index (χ0) is 14.9. The van der Waals surface area contributed by atoms with Crippen LogP contribution in [-0.4, -0.2) is 39.6 Å². The van der Waals surface area contributed by atoms with E-state index >= 15 is 0 Å². The van der Waals surface area contributed by atoms with Crippen LogP contribution in [0.4, 0.5) is 10.5 Å². The van der Waals surface area contributed by atoms with E-state index in [0.717, 1.165) is 5.69 Å². The Hall–Kier alpha value is -2.18. The third-order valence-electron chi connectivity index (χ3n) is 2.93. The molecule has 7 heteroatoms. The minimum absolute atomic E-state index is 0.0305. The molecule has 20 heavy (non-hydrogen) atoms. The van der Waals surface area contributed by atoms with Crippen LogP contribution < -0.4 is 0 Å². The second-order valence-corrected chi connectivity index (χ2v) is 5.78. The molecule has 1 amide bonds. The number of amides is 1. The number of hydrogen-bond donors (Lipinski definition) is 0. The second kappa shape index (κ2) is 5.07. The summed E-state index contributed by atoms with van der Waals surface area (Å²) in [7, 11) is 0. The molecule has 0 unspecified atom stereocenters. The summed E-state index contributed by atoms with van der Waals surface area (Å²) in [5.41, 5.74) is 0.223. The smallest absolute Gasteiger partial charge is 0.410 e. The van der Waals surface area contributed by atoms with Gasteiger partial charge >= 0.3 is 6.09 Å². The third-order valence-corrected chi connectivity index (χ3v) is 2.93. The first-order valence-corrected chi connectivity index (χ1v) is 6.34. The molecule has 0 N–H and O–H groups in total. The van der Waals surface area contributed by atoms with Crippen LogP contribution in [-0.2, 0) is 4.74 Å². The van der Waals surface area contributed by atoms with Crippen molar-refractivity contribution in [3.63, 3.8) is 0 Å². The van der Waals surface area contributed by atoms with Crippen LogP contribution >= 0.6 is 0 Å². The topological polar surface area (TPSA) is 85.6 Å². The summed E-state index contributed by atoms with van der Waals surface area (Å²) in [5, 5.41) is 10.5. The number of carbonyl (C=O) groups excluding carboxylic acids is 1. The second-order valence-electron chi connectivity index (χ2n) is 5.78. The summed E-state index contributed by atoms with van der Waals surface area (Å²) in [6.45, 7) is 6.51. The predicted octanol–water partition coefficient (Wildman–Crippen LogP) is 2.32. The highest BCUT2D eigenvalue weighted by molar-refractivity contribution is 5.69. The first kappa shape index (κ1) is 14.2. The molecule has 0 bridgehead atoms. The zero-order valence-electron chi connectivity index (χ0n) is 11.7. The van der Waals surface area contributed by atoms with E-state index in [2.05, 4.69) is 4.98 Å². The largest absolute Gasteiger partial charge is 0.444 e. The van der Waals surface area contributed by atoms with Crippen molar-refractivity contribution in [2.75, 3.05) is 13.1 Å². The van der Waals surface area contributed by atoms with Crippen LogP contribution in [0.1, 0.15) is 32.4 Å². The number of nitrogens with zero attached hydrogens (tertiary/aromatic N) is 3. The quantitative estimate of drug-likeness (QED) is 0.612. The van der Waals surface area contributed by atoms with Gasteiger partial charge in [-0.25, -0.2) is 4.79 Å². The van der Waals surface area contributed by atoms with Crippen molar-refractivity contribution >= 4 is 11.8 Å². The molecular formula is C13H17N3O4. The van der Waals surface area contributed by atoms with E-state index in [1.165, 1.54) is 12.3 Å². The van der Waals surface area contributed by atoms with Crippen molar-refractivity contribution < 1.29 is 14.5 Å². The Morgan fingerprint density at radius 2 is 2.10 bits per heavy atom. The highest BCUT2D eigenvalue weighted by atomic mass is 16.6. The number of carbonyl (C=O) groups is 1. The first-order chi connectivity index (χ1) is 9.26. The fraction of sp³-hybridized carbons (Fsp3) is 0.538. The molecule has 2 rings (SSSR count). The fourth-order valence-corrected chi connectivity index (χ4v) is 1.89. The maximum absolute atomic E-state index is 11.8. The van der Waals surface area contributed by atoms with E-state index in [1.54, 1.807) is 11.0 Å². The predicted molar refractivity (Wildman–Crippen MR) is 71.4 cm³/mol. The molecule has 0 atom stereocenters. The molecular weight excluding hydrogens is 262 g/mol. The summed E-state index contributed by atoms with van der Waals surface area (Å²) in [6, 6.07) is 3.06. The number of hydrogen-bond acceptors (Lipinski definition) is 5. The summed E-state index contributed by atoms with van der Waals surface area (Å²) in [6.07, 6.45) is 0.904. The molecule has 1 aliphatic rings. The van der Waals surface area contributed by atoms with Crippen LogP contribution in [0.5, 0.6) is 0 Å². The van der Waals surface area contributed by atoms with E-state index in [-0.39, 0.29) is 17.7 Å². The highest BCUT2D eigenvalue weighted by Crippen LogP contribution is 2.27. The SMILES string of the molecule is CC(C)(C)OC(=O)N1CC(c2ccc([N+](=O)[O-])cn2)C1. The normalized spacial score (nSPS) is 15.7. The molecule has 1 aromatic heterocycles. The molecule has 1 fully saturated rings. The van der Waals surface area contributed by atoms with Gasteiger partial charge in [0.2, 0.25) is 0 Å². The number of pyridine rings is 1. The summed E-state index contributed by atoms with van der Waals surface area (Å²) in [5.74, 6) is 0.114. The van der Waals surface area contributed by atoms with Crippen molar-refractivity contribution in [2.45, 2.75) is 32.3 Å². The van der Waals surface area contributed by atoms with Crippen molar-refractivity contribution in [1.29, 1.82) is 0 Å². The van der Waals surface area contributed by atoms with Gasteiger partial charge in [0.15, 0.2) is 0 Å². The maximum Gasteiger partial charge on any atom is 0.410 e. The van der Waals surface area contributed by atoms with Crippen LogP contribution in [0.25, 0.3) is 0 Å². The summed E-state index contributed by atoms with van der Waals surface area (Å²) < 4.78 is 5.25. The maximum atomic E-state index is 11.8. The first-order valence-electron chi connectivity index (χ1n) is 6.34. The fourth-order valence-electron chi connectivity index (χ4n) is 1.89. The van der Waals surface area contributed by atoms with Gasteiger partial charge in [-0.15, -0.1) is 0 Å². The lowest BCUT2D eigenvalue weighted by atomic mass is 9.96. The number of ether oxygens (including phenoxy) is 1. The number of rotatable bonds is 2. The molecule has 1 aromatic rings. The van der Waals surface area contributed by atoms with Gasteiger partial charge in [-0.2, -0.15) is 0 Å². The van der Waals surface area contributed by atoms with Crippen LogP contribution in [0.2, 0.25) is 0 Å². The Bertz CT molecular complexity index is 515.